The summed E-state index contributed by atoms with van der Waals surface area (Å²) in [6.45, 7) is 2.46. The van der Waals surface area contributed by atoms with Gasteiger partial charge >= 0.3 is 0 Å². The first-order valence-electron chi connectivity index (χ1n) is 7.25. The van der Waals surface area contributed by atoms with Gasteiger partial charge in [-0.2, -0.15) is 0 Å². The Bertz CT molecular complexity index is 338. The number of aliphatic hydroxyl groups is 1. The van der Waals surface area contributed by atoms with Crippen molar-refractivity contribution >= 4 is 0 Å². The first-order valence-corrected chi connectivity index (χ1v) is 7.25. The quantitative estimate of drug-likeness (QED) is 0.837. The average Bonchev–Trinajstić information content (AvgIpc) is 2.46. The molecule has 1 fully saturated rings. The molecule has 100 valence electrons. The molecular formula is C16H25NO. The average molecular weight is 247 g/mol. The van der Waals surface area contributed by atoms with Gasteiger partial charge in [0.2, 0.25) is 0 Å². The highest BCUT2D eigenvalue weighted by atomic mass is 16.3. The molecule has 2 N–H and O–H groups in total. The van der Waals surface area contributed by atoms with E-state index in [1.165, 1.54) is 37.7 Å². The molecule has 2 unspecified atom stereocenters. The number of nitrogens with one attached hydrogen (secondary N) is 1. The van der Waals surface area contributed by atoms with E-state index >= 15 is 0 Å². The summed E-state index contributed by atoms with van der Waals surface area (Å²) in [5.41, 5.74) is 1.19. The monoisotopic (exact) mass is 247 g/mol. The van der Waals surface area contributed by atoms with Crippen molar-refractivity contribution in [3.63, 3.8) is 0 Å². The Morgan fingerprint density at radius 2 is 2.06 bits per heavy atom. The molecule has 1 aliphatic carbocycles. The number of benzene rings is 1. The highest BCUT2D eigenvalue weighted by molar-refractivity contribution is 5.19. The zero-order valence-corrected chi connectivity index (χ0v) is 11.3. The summed E-state index contributed by atoms with van der Waals surface area (Å²) in [6, 6.07) is 10.9. The molecule has 0 bridgehead atoms. The Morgan fingerprint density at radius 3 is 2.72 bits per heavy atom. The minimum absolute atomic E-state index is 0.0896. The molecule has 1 saturated carbocycles. The SMILES string of the molecule is CCC1CCCC(N[C@H](CO)c2ccccc2)C1. The Morgan fingerprint density at radius 1 is 1.28 bits per heavy atom. The van der Waals surface area contributed by atoms with Gasteiger partial charge in [-0.1, -0.05) is 56.5 Å². The van der Waals surface area contributed by atoms with Gasteiger partial charge in [-0.25, -0.2) is 0 Å². The lowest BCUT2D eigenvalue weighted by molar-refractivity contribution is 0.203. The van der Waals surface area contributed by atoms with Crippen LogP contribution in [0.25, 0.3) is 0 Å². The lowest BCUT2D eigenvalue weighted by Crippen LogP contribution is -2.38. The van der Waals surface area contributed by atoms with E-state index in [-0.39, 0.29) is 12.6 Å². The number of aliphatic hydroxyl groups excluding tert-OH is 1. The van der Waals surface area contributed by atoms with E-state index in [1.54, 1.807) is 0 Å². The van der Waals surface area contributed by atoms with Crippen LogP contribution in [0.15, 0.2) is 30.3 Å². The molecule has 0 aliphatic heterocycles. The molecule has 0 radical (unpaired) electrons. The minimum Gasteiger partial charge on any atom is -0.394 e. The molecule has 3 atom stereocenters. The smallest absolute Gasteiger partial charge is 0.0626 e. The molecule has 2 rings (SSSR count). The van der Waals surface area contributed by atoms with Crippen LogP contribution in [0.1, 0.15) is 50.6 Å². The second kappa shape index (κ2) is 6.91. The predicted molar refractivity (Wildman–Crippen MR) is 75.4 cm³/mol. The third-order valence-corrected chi connectivity index (χ3v) is 4.18. The molecule has 1 aromatic carbocycles. The molecule has 0 spiro atoms. The fourth-order valence-electron chi connectivity index (χ4n) is 3.04. The van der Waals surface area contributed by atoms with Crippen molar-refractivity contribution < 1.29 is 5.11 Å². The second-order valence-corrected chi connectivity index (χ2v) is 5.45. The Labute approximate surface area is 110 Å². The van der Waals surface area contributed by atoms with Crippen molar-refractivity contribution in [3.05, 3.63) is 35.9 Å². The summed E-state index contributed by atoms with van der Waals surface area (Å²) in [5.74, 6) is 0.867. The van der Waals surface area contributed by atoms with E-state index in [4.69, 9.17) is 0 Å². The van der Waals surface area contributed by atoms with Crippen molar-refractivity contribution in [1.29, 1.82) is 0 Å². The predicted octanol–water partition coefficient (Wildman–Crippen LogP) is 3.28. The molecule has 2 nitrogen and oxygen atoms in total. The van der Waals surface area contributed by atoms with Crippen molar-refractivity contribution in [1.82, 2.24) is 5.32 Å². The zero-order valence-electron chi connectivity index (χ0n) is 11.3. The Kier molecular flexibility index (Phi) is 5.21. The van der Waals surface area contributed by atoms with Gasteiger partial charge in [-0.15, -0.1) is 0 Å². The van der Waals surface area contributed by atoms with Crippen LogP contribution in [0.2, 0.25) is 0 Å². The van der Waals surface area contributed by atoms with Crippen LogP contribution in [-0.4, -0.2) is 17.8 Å². The van der Waals surface area contributed by atoms with Crippen molar-refractivity contribution in [3.8, 4) is 0 Å². The summed E-state index contributed by atoms with van der Waals surface area (Å²) in [4.78, 5) is 0. The van der Waals surface area contributed by atoms with Crippen LogP contribution < -0.4 is 5.32 Å². The highest BCUT2D eigenvalue weighted by Gasteiger charge is 2.23. The summed E-state index contributed by atoms with van der Waals surface area (Å²) in [5, 5.41) is 13.2. The normalized spacial score (nSPS) is 25.9. The van der Waals surface area contributed by atoms with Crippen LogP contribution in [-0.2, 0) is 0 Å². The van der Waals surface area contributed by atoms with Crippen LogP contribution >= 0.6 is 0 Å². The van der Waals surface area contributed by atoms with E-state index in [1.807, 2.05) is 18.2 Å². The van der Waals surface area contributed by atoms with E-state index in [2.05, 4.69) is 24.4 Å². The van der Waals surface area contributed by atoms with Gasteiger partial charge < -0.3 is 10.4 Å². The molecule has 1 aliphatic rings. The maximum Gasteiger partial charge on any atom is 0.0626 e. The fourth-order valence-corrected chi connectivity index (χ4v) is 3.04. The maximum atomic E-state index is 9.57. The van der Waals surface area contributed by atoms with E-state index in [9.17, 15) is 5.11 Å². The third-order valence-electron chi connectivity index (χ3n) is 4.18. The number of rotatable bonds is 5. The summed E-state index contributed by atoms with van der Waals surface area (Å²) in [6.07, 6.45) is 6.50. The standard InChI is InChI=1S/C16H25NO/c1-2-13-7-6-10-15(11-13)17-16(12-18)14-8-4-3-5-9-14/h3-5,8-9,13,15-18H,2,6-7,10-12H2,1H3/t13?,15?,16-/m1/s1. The lowest BCUT2D eigenvalue weighted by atomic mass is 9.84. The lowest BCUT2D eigenvalue weighted by Gasteiger charge is -2.32. The summed E-state index contributed by atoms with van der Waals surface area (Å²) < 4.78 is 0. The molecule has 18 heavy (non-hydrogen) atoms. The molecule has 1 aromatic rings. The van der Waals surface area contributed by atoms with Crippen molar-refractivity contribution in [2.75, 3.05) is 6.61 Å². The molecule has 0 saturated heterocycles. The van der Waals surface area contributed by atoms with Crippen molar-refractivity contribution in [2.45, 2.75) is 51.1 Å². The molecular weight excluding hydrogens is 222 g/mol. The van der Waals surface area contributed by atoms with Gasteiger partial charge in [0.05, 0.1) is 12.6 Å². The second-order valence-electron chi connectivity index (χ2n) is 5.45. The van der Waals surface area contributed by atoms with E-state index < -0.39 is 0 Å². The topological polar surface area (TPSA) is 32.3 Å². The van der Waals surface area contributed by atoms with Gasteiger partial charge in [0.15, 0.2) is 0 Å². The first kappa shape index (κ1) is 13.6. The first-order chi connectivity index (χ1) is 8.83. The van der Waals surface area contributed by atoms with Gasteiger partial charge in [0.1, 0.15) is 0 Å². The van der Waals surface area contributed by atoms with Crippen LogP contribution in [0.3, 0.4) is 0 Å². The van der Waals surface area contributed by atoms with Gasteiger partial charge in [-0.05, 0) is 24.3 Å². The van der Waals surface area contributed by atoms with Crippen LogP contribution in [0.5, 0.6) is 0 Å². The third kappa shape index (κ3) is 3.56. The zero-order chi connectivity index (χ0) is 12.8. The fraction of sp³-hybridized carbons (Fsp3) is 0.625. The number of hydrogen-bond donors (Lipinski definition) is 2. The van der Waals surface area contributed by atoms with Crippen LogP contribution in [0, 0.1) is 5.92 Å². The largest absolute Gasteiger partial charge is 0.394 e. The molecule has 0 heterocycles. The molecule has 0 amide bonds. The van der Waals surface area contributed by atoms with Crippen molar-refractivity contribution in [2.24, 2.45) is 5.92 Å². The maximum absolute atomic E-state index is 9.57. The molecule has 0 aromatic heterocycles. The summed E-state index contributed by atoms with van der Waals surface area (Å²) in [7, 11) is 0. The van der Waals surface area contributed by atoms with Gasteiger partial charge in [0.25, 0.3) is 0 Å². The van der Waals surface area contributed by atoms with E-state index in [0.29, 0.717) is 6.04 Å². The Balaban J connectivity index is 1.94. The van der Waals surface area contributed by atoms with E-state index in [0.717, 1.165) is 5.92 Å². The summed E-state index contributed by atoms with van der Waals surface area (Å²) >= 11 is 0. The number of hydrogen-bond acceptors (Lipinski definition) is 2. The minimum atomic E-state index is 0.0896. The van der Waals surface area contributed by atoms with Gasteiger partial charge in [-0.3, -0.25) is 0 Å². The molecule has 2 heteroatoms. The van der Waals surface area contributed by atoms with Crippen LogP contribution in [0.4, 0.5) is 0 Å². The Hall–Kier alpha value is -0.860. The highest BCUT2D eigenvalue weighted by Crippen LogP contribution is 2.28. The van der Waals surface area contributed by atoms with Gasteiger partial charge in [0, 0.05) is 6.04 Å².